The van der Waals surface area contributed by atoms with E-state index in [9.17, 15) is 18.0 Å². The van der Waals surface area contributed by atoms with Gasteiger partial charge in [0.15, 0.2) is 0 Å². The van der Waals surface area contributed by atoms with Gasteiger partial charge in [0.2, 0.25) is 15.9 Å². The minimum absolute atomic E-state index is 0.0255. The van der Waals surface area contributed by atoms with Gasteiger partial charge < -0.3 is 10.6 Å². The number of amides is 2. The summed E-state index contributed by atoms with van der Waals surface area (Å²) >= 11 is 1.34. The normalized spacial score (nSPS) is 12.1. The van der Waals surface area contributed by atoms with Crippen molar-refractivity contribution in [2.75, 3.05) is 10.6 Å². The molecule has 0 aliphatic rings. The van der Waals surface area contributed by atoms with Gasteiger partial charge in [0.05, 0.1) is 10.1 Å². The van der Waals surface area contributed by atoms with E-state index in [1.807, 2.05) is 43.3 Å². The molecule has 0 spiro atoms. The van der Waals surface area contributed by atoms with Crippen LogP contribution in [0.5, 0.6) is 0 Å². The lowest BCUT2D eigenvalue weighted by Gasteiger charge is -2.13. The first kappa shape index (κ1) is 23.5. The van der Waals surface area contributed by atoms with Gasteiger partial charge in [0, 0.05) is 21.8 Å². The molecule has 3 aromatic rings. The number of hydrogen-bond acceptors (Lipinski definition) is 5. The first-order valence-electron chi connectivity index (χ1n) is 9.71. The van der Waals surface area contributed by atoms with Crippen molar-refractivity contribution in [1.82, 2.24) is 0 Å². The largest absolute Gasteiger partial charge is 0.325 e. The van der Waals surface area contributed by atoms with Gasteiger partial charge in [-0.15, -0.1) is 11.8 Å². The third-order valence-electron chi connectivity index (χ3n) is 4.61. The summed E-state index contributed by atoms with van der Waals surface area (Å²) in [5.74, 6) is -0.438. The Morgan fingerprint density at radius 3 is 2.25 bits per heavy atom. The summed E-state index contributed by atoms with van der Waals surface area (Å²) in [4.78, 5) is 25.9. The number of sulfonamides is 1. The minimum Gasteiger partial charge on any atom is -0.325 e. The Hall–Kier alpha value is -3.14. The molecule has 3 aromatic carbocycles. The fraction of sp³-hybridized carbons (Fsp3) is 0.130. The molecule has 2 amide bonds. The van der Waals surface area contributed by atoms with Gasteiger partial charge in [-0.05, 0) is 67.9 Å². The topological polar surface area (TPSA) is 118 Å². The van der Waals surface area contributed by atoms with E-state index in [-0.39, 0.29) is 16.7 Å². The Morgan fingerprint density at radius 2 is 1.59 bits per heavy atom. The average Bonchev–Trinajstić information content (AvgIpc) is 2.74. The summed E-state index contributed by atoms with van der Waals surface area (Å²) in [5, 5.41) is 10.3. The van der Waals surface area contributed by atoms with Crippen LogP contribution in [-0.4, -0.2) is 25.5 Å². The highest BCUT2D eigenvalue weighted by Gasteiger charge is 2.16. The fourth-order valence-electron chi connectivity index (χ4n) is 2.90. The molecular formula is C23H23N3O4S2. The van der Waals surface area contributed by atoms with Gasteiger partial charge in [0.1, 0.15) is 0 Å². The standard InChI is InChI=1S/C23H23N3O4S2/c1-15-6-3-4-9-21(15)23(28)26-18-7-5-8-19(14-18)31-16(2)22(27)25-17-10-12-20(13-11-17)32(24,29)30/h3-14,16H,1-2H3,(H,25,27)(H,26,28)(H2,24,29,30). The predicted molar refractivity (Wildman–Crippen MR) is 127 cm³/mol. The van der Waals surface area contributed by atoms with Gasteiger partial charge in [-0.1, -0.05) is 24.3 Å². The molecule has 0 aliphatic carbocycles. The van der Waals surface area contributed by atoms with E-state index in [2.05, 4.69) is 10.6 Å². The average molecular weight is 470 g/mol. The highest BCUT2D eigenvalue weighted by molar-refractivity contribution is 8.00. The van der Waals surface area contributed by atoms with Crippen LogP contribution >= 0.6 is 11.8 Å². The lowest BCUT2D eigenvalue weighted by molar-refractivity contribution is -0.115. The number of carbonyl (C=O) groups is 2. The van der Waals surface area contributed by atoms with Crippen molar-refractivity contribution in [1.29, 1.82) is 0 Å². The van der Waals surface area contributed by atoms with Crippen molar-refractivity contribution < 1.29 is 18.0 Å². The number of thioether (sulfide) groups is 1. The lowest BCUT2D eigenvalue weighted by Crippen LogP contribution is -2.22. The molecule has 1 atom stereocenters. The van der Waals surface area contributed by atoms with E-state index in [4.69, 9.17) is 5.14 Å². The maximum Gasteiger partial charge on any atom is 0.255 e. The van der Waals surface area contributed by atoms with Crippen molar-refractivity contribution in [3.05, 3.63) is 83.9 Å². The highest BCUT2D eigenvalue weighted by Crippen LogP contribution is 2.27. The molecule has 0 saturated carbocycles. The number of primary sulfonamides is 1. The lowest BCUT2D eigenvalue weighted by atomic mass is 10.1. The maximum atomic E-state index is 12.5. The summed E-state index contributed by atoms with van der Waals surface area (Å²) in [6.45, 7) is 3.64. The number of hydrogen-bond donors (Lipinski definition) is 3. The minimum atomic E-state index is -3.78. The smallest absolute Gasteiger partial charge is 0.255 e. The van der Waals surface area contributed by atoms with E-state index in [1.165, 1.54) is 36.0 Å². The van der Waals surface area contributed by atoms with Crippen LogP contribution in [0.4, 0.5) is 11.4 Å². The Morgan fingerprint density at radius 1 is 0.906 bits per heavy atom. The SMILES string of the molecule is Cc1ccccc1C(=O)Nc1cccc(SC(C)C(=O)Nc2ccc(S(N)(=O)=O)cc2)c1. The van der Waals surface area contributed by atoms with Crippen molar-refractivity contribution in [3.8, 4) is 0 Å². The molecule has 32 heavy (non-hydrogen) atoms. The summed E-state index contributed by atoms with van der Waals surface area (Å²) < 4.78 is 22.7. The van der Waals surface area contributed by atoms with Crippen LogP contribution in [0, 0.1) is 6.92 Å². The maximum absolute atomic E-state index is 12.5. The number of rotatable bonds is 7. The molecule has 9 heteroatoms. The third kappa shape index (κ3) is 6.19. The first-order valence-corrected chi connectivity index (χ1v) is 12.1. The van der Waals surface area contributed by atoms with Gasteiger partial charge in [-0.3, -0.25) is 9.59 Å². The zero-order chi connectivity index (χ0) is 23.3. The first-order chi connectivity index (χ1) is 15.1. The quantitative estimate of drug-likeness (QED) is 0.452. The highest BCUT2D eigenvalue weighted by atomic mass is 32.2. The molecule has 166 valence electrons. The molecule has 4 N–H and O–H groups in total. The molecule has 1 unspecified atom stereocenters. The Kier molecular flexibility index (Phi) is 7.34. The van der Waals surface area contributed by atoms with Crippen LogP contribution in [0.15, 0.2) is 82.6 Å². The Balaban J connectivity index is 1.62. The molecule has 0 aromatic heterocycles. The second kappa shape index (κ2) is 9.99. The number of carbonyl (C=O) groups excluding carboxylic acids is 2. The molecule has 3 rings (SSSR count). The Labute approximate surface area is 191 Å². The predicted octanol–water partition coefficient (Wildman–Crippen LogP) is 4.01. The number of aryl methyl sites for hydroxylation is 1. The molecule has 7 nitrogen and oxygen atoms in total. The van der Waals surface area contributed by atoms with Crippen LogP contribution in [0.3, 0.4) is 0 Å². The molecular weight excluding hydrogens is 446 g/mol. The summed E-state index contributed by atoms with van der Waals surface area (Å²) in [7, 11) is -3.78. The second-order valence-electron chi connectivity index (χ2n) is 7.12. The van der Waals surface area contributed by atoms with Gasteiger partial charge in [0.25, 0.3) is 5.91 Å². The van der Waals surface area contributed by atoms with E-state index in [0.29, 0.717) is 16.9 Å². The van der Waals surface area contributed by atoms with E-state index < -0.39 is 15.3 Å². The van der Waals surface area contributed by atoms with E-state index in [0.717, 1.165) is 10.5 Å². The molecule has 0 aliphatic heterocycles. The van der Waals surface area contributed by atoms with Crippen molar-refractivity contribution in [2.24, 2.45) is 5.14 Å². The molecule has 0 bridgehead atoms. The molecule has 0 radical (unpaired) electrons. The zero-order valence-corrected chi connectivity index (χ0v) is 19.2. The molecule has 0 saturated heterocycles. The van der Waals surface area contributed by atoms with Crippen molar-refractivity contribution in [2.45, 2.75) is 28.9 Å². The van der Waals surface area contributed by atoms with Crippen LogP contribution in [0.1, 0.15) is 22.8 Å². The van der Waals surface area contributed by atoms with Gasteiger partial charge in [-0.25, -0.2) is 13.6 Å². The zero-order valence-electron chi connectivity index (χ0n) is 17.5. The number of nitrogens with two attached hydrogens (primary N) is 1. The molecule has 0 heterocycles. The Bertz CT molecular complexity index is 1240. The third-order valence-corrected chi connectivity index (χ3v) is 6.64. The summed E-state index contributed by atoms with van der Waals surface area (Å²) in [5.41, 5.74) is 2.59. The van der Waals surface area contributed by atoms with E-state index in [1.54, 1.807) is 19.1 Å². The van der Waals surface area contributed by atoms with Gasteiger partial charge >= 0.3 is 0 Å². The molecule has 0 fully saturated rings. The van der Waals surface area contributed by atoms with Crippen LogP contribution in [0.25, 0.3) is 0 Å². The number of nitrogens with one attached hydrogen (secondary N) is 2. The van der Waals surface area contributed by atoms with Crippen molar-refractivity contribution in [3.63, 3.8) is 0 Å². The van der Waals surface area contributed by atoms with Crippen LogP contribution in [-0.2, 0) is 14.8 Å². The van der Waals surface area contributed by atoms with Crippen LogP contribution < -0.4 is 15.8 Å². The van der Waals surface area contributed by atoms with Crippen LogP contribution in [0.2, 0.25) is 0 Å². The van der Waals surface area contributed by atoms with Crippen molar-refractivity contribution >= 4 is 45.0 Å². The summed E-state index contributed by atoms with van der Waals surface area (Å²) in [6, 6.07) is 20.3. The van der Waals surface area contributed by atoms with E-state index >= 15 is 0 Å². The monoisotopic (exact) mass is 469 g/mol. The number of benzene rings is 3. The van der Waals surface area contributed by atoms with Gasteiger partial charge in [-0.2, -0.15) is 0 Å². The fourth-order valence-corrected chi connectivity index (χ4v) is 4.34. The second-order valence-corrected chi connectivity index (χ2v) is 10.1. The summed E-state index contributed by atoms with van der Waals surface area (Å²) in [6.07, 6.45) is 0. The number of anilines is 2.